The first-order valence-corrected chi connectivity index (χ1v) is 8.99. The van der Waals surface area contributed by atoms with Gasteiger partial charge in [0.05, 0.1) is 5.54 Å². The molecule has 0 aliphatic carbocycles. The lowest BCUT2D eigenvalue weighted by atomic mass is 9.94. The summed E-state index contributed by atoms with van der Waals surface area (Å²) in [6.07, 6.45) is 0.0750. The number of hydrogen-bond donors (Lipinski definition) is 0. The average Bonchev–Trinajstić information content (AvgIpc) is 2.60. The molecule has 1 amide bonds. The molecule has 0 atom stereocenters. The largest absolute Gasteiger partial charge is 0.294 e. The van der Waals surface area contributed by atoms with Gasteiger partial charge in [0.25, 0.3) is 5.91 Å². The number of amides is 1. The summed E-state index contributed by atoms with van der Waals surface area (Å²) in [5.74, 6) is -0.638. The molecule has 0 heterocycles. The maximum Gasteiger partial charge on any atom is 0.284 e. The van der Waals surface area contributed by atoms with E-state index in [-0.39, 0.29) is 12.2 Å². The fraction of sp³-hybridized carbons (Fsp3) is 0.263. The number of carbonyl (C=O) groups excluding carboxylic acids is 2. The zero-order chi connectivity index (χ0) is 19.5. The zero-order valence-electron chi connectivity index (χ0n) is 14.7. The van der Waals surface area contributed by atoms with Gasteiger partial charge in [-0.05, 0) is 39.0 Å². The first-order valence-electron chi connectivity index (χ1n) is 7.93. The topological polar surface area (TPSA) is 40.6 Å². The number of carbonyl (C=O) groups is 2. The molecule has 0 radical (unpaired) electrons. The maximum absolute atomic E-state index is 12.5. The number of halogens is 3. The lowest BCUT2D eigenvalue weighted by Gasteiger charge is -2.35. The van der Waals surface area contributed by atoms with Crippen molar-refractivity contribution in [3.63, 3.8) is 0 Å². The predicted octanol–water partition coefficient (Wildman–Crippen LogP) is 5.67. The van der Waals surface area contributed by atoms with Gasteiger partial charge in [0.1, 0.15) is 0 Å². The molecule has 138 valence electrons. The molecule has 0 aliphatic heterocycles. The number of hydrogen-bond acceptors (Lipinski definition) is 3. The molecule has 0 saturated heterocycles. The summed E-state index contributed by atoms with van der Waals surface area (Å²) >= 11 is 18.3. The average molecular weight is 414 g/mol. The fourth-order valence-electron chi connectivity index (χ4n) is 2.35. The Morgan fingerprint density at radius 1 is 1.00 bits per heavy atom. The van der Waals surface area contributed by atoms with E-state index in [4.69, 9.17) is 35.2 Å². The van der Waals surface area contributed by atoms with Crippen molar-refractivity contribution in [1.82, 2.24) is 9.06 Å². The minimum atomic E-state index is -0.903. The molecule has 4 nitrogen and oxygen atoms in total. The van der Waals surface area contributed by atoms with E-state index in [0.29, 0.717) is 16.1 Å². The van der Waals surface area contributed by atoms with Crippen LogP contribution < -0.4 is 0 Å². The molecule has 0 N–H and O–H groups in total. The lowest BCUT2D eigenvalue weighted by Crippen LogP contribution is -2.48. The summed E-state index contributed by atoms with van der Waals surface area (Å²) in [5.41, 5.74) is 1.04. The van der Waals surface area contributed by atoms with Gasteiger partial charge in [0.15, 0.2) is 5.78 Å². The molecule has 0 spiro atoms. The Morgan fingerprint density at radius 2 is 1.62 bits per heavy atom. The van der Waals surface area contributed by atoms with Gasteiger partial charge in [-0.2, -0.15) is 4.53 Å². The van der Waals surface area contributed by atoms with E-state index in [1.54, 1.807) is 44.2 Å². The van der Waals surface area contributed by atoms with Crippen molar-refractivity contribution in [1.29, 1.82) is 0 Å². The van der Waals surface area contributed by atoms with E-state index in [1.165, 1.54) is 6.07 Å². The highest BCUT2D eigenvalue weighted by atomic mass is 35.5. The smallest absolute Gasteiger partial charge is 0.284 e. The summed E-state index contributed by atoms with van der Waals surface area (Å²) < 4.78 is 1.79. The van der Waals surface area contributed by atoms with Crippen LogP contribution in [-0.4, -0.2) is 26.3 Å². The summed E-state index contributed by atoms with van der Waals surface area (Å²) in [7, 11) is 0. The quantitative estimate of drug-likeness (QED) is 0.348. The zero-order valence-corrected chi connectivity index (χ0v) is 16.9. The van der Waals surface area contributed by atoms with Crippen molar-refractivity contribution < 1.29 is 9.59 Å². The number of aryl methyl sites for hydroxylation is 1. The third kappa shape index (κ3) is 4.98. The third-order valence-electron chi connectivity index (χ3n) is 3.86. The molecule has 0 saturated carbocycles. The molecular formula is C19H19Cl3N2O2. The maximum atomic E-state index is 12.5. The summed E-state index contributed by atoms with van der Waals surface area (Å²) in [6, 6.07) is 13.6. The SMILES string of the molecule is Cc1ccc(C(=O)CC(C)(C)N(Cl)N(Cl)C(=O)c2cccc(Cl)c2)cc1. The molecule has 2 aromatic carbocycles. The van der Waals surface area contributed by atoms with Crippen LogP contribution in [0.15, 0.2) is 48.5 Å². The summed E-state index contributed by atoms with van der Waals surface area (Å²) in [5, 5.41) is 0.413. The second kappa shape index (κ2) is 8.40. The Bertz CT molecular complexity index is 807. The van der Waals surface area contributed by atoms with Gasteiger partial charge in [-0.25, -0.2) is 0 Å². The molecule has 7 heteroatoms. The number of Topliss-reactive ketones (excluding diaryl/α,β-unsaturated/α-hetero) is 1. The fourth-order valence-corrected chi connectivity index (χ4v) is 2.97. The van der Waals surface area contributed by atoms with Crippen molar-refractivity contribution in [3.05, 3.63) is 70.2 Å². The number of nitrogens with zero attached hydrogens (tertiary/aromatic N) is 2. The Kier molecular flexibility index (Phi) is 6.69. The normalized spacial score (nSPS) is 11.5. The Morgan fingerprint density at radius 3 is 2.19 bits per heavy atom. The highest BCUT2D eigenvalue weighted by Gasteiger charge is 2.35. The van der Waals surface area contributed by atoms with Crippen LogP contribution in [0.4, 0.5) is 0 Å². The minimum Gasteiger partial charge on any atom is -0.294 e. The van der Waals surface area contributed by atoms with Crippen molar-refractivity contribution in [2.45, 2.75) is 32.7 Å². The van der Waals surface area contributed by atoms with Gasteiger partial charge in [-0.3, -0.25) is 9.59 Å². The van der Waals surface area contributed by atoms with E-state index in [2.05, 4.69) is 0 Å². The van der Waals surface area contributed by atoms with Crippen LogP contribution in [0, 0.1) is 6.92 Å². The molecule has 0 unspecified atom stereocenters. The molecule has 0 aliphatic rings. The van der Waals surface area contributed by atoms with Gasteiger partial charge in [0.2, 0.25) is 0 Å². The first kappa shape index (κ1) is 20.7. The van der Waals surface area contributed by atoms with Gasteiger partial charge < -0.3 is 0 Å². The van der Waals surface area contributed by atoms with E-state index >= 15 is 0 Å². The van der Waals surface area contributed by atoms with Gasteiger partial charge in [-0.1, -0.05) is 47.5 Å². The second-order valence-electron chi connectivity index (χ2n) is 6.61. The Hall–Kier alpha value is -1.59. The van der Waals surface area contributed by atoms with Gasteiger partial charge in [-0.15, -0.1) is 4.53 Å². The Labute approximate surface area is 168 Å². The monoisotopic (exact) mass is 412 g/mol. The van der Waals surface area contributed by atoms with E-state index in [1.807, 2.05) is 19.1 Å². The summed E-state index contributed by atoms with van der Waals surface area (Å²) in [4.78, 5) is 25.0. The van der Waals surface area contributed by atoms with Crippen molar-refractivity contribution >= 4 is 46.8 Å². The van der Waals surface area contributed by atoms with E-state index in [9.17, 15) is 9.59 Å². The van der Waals surface area contributed by atoms with Crippen molar-refractivity contribution in [2.75, 3.05) is 0 Å². The molecule has 2 aromatic rings. The van der Waals surface area contributed by atoms with Crippen LogP contribution in [0.3, 0.4) is 0 Å². The number of rotatable bonds is 6. The van der Waals surface area contributed by atoms with Crippen molar-refractivity contribution in [2.24, 2.45) is 0 Å². The summed E-state index contributed by atoms with van der Waals surface area (Å²) in [6.45, 7) is 5.41. The Balaban J connectivity index is 2.12. The van der Waals surface area contributed by atoms with Crippen LogP contribution >= 0.6 is 35.2 Å². The van der Waals surface area contributed by atoms with Crippen molar-refractivity contribution in [3.8, 4) is 0 Å². The van der Waals surface area contributed by atoms with Gasteiger partial charge >= 0.3 is 0 Å². The second-order valence-corrected chi connectivity index (χ2v) is 7.69. The lowest BCUT2D eigenvalue weighted by molar-refractivity contribution is 0.0374. The highest BCUT2D eigenvalue weighted by Crippen LogP contribution is 2.28. The van der Waals surface area contributed by atoms with Crippen LogP contribution in [-0.2, 0) is 0 Å². The van der Waals surface area contributed by atoms with Crippen LogP contribution in [0.2, 0.25) is 5.02 Å². The third-order valence-corrected chi connectivity index (χ3v) is 5.09. The van der Waals surface area contributed by atoms with Crippen LogP contribution in [0.25, 0.3) is 0 Å². The van der Waals surface area contributed by atoms with Crippen LogP contribution in [0.5, 0.6) is 0 Å². The standard InChI is InChI=1S/C19H19Cl3N2O2/c1-13-7-9-14(10-8-13)17(25)12-19(2,3)24(22)23(21)18(26)15-5-4-6-16(20)11-15/h4-11H,12H2,1-3H3. The number of benzene rings is 2. The molecule has 26 heavy (non-hydrogen) atoms. The molecule has 0 fully saturated rings. The number of ketones is 1. The molecule has 2 rings (SSSR count). The highest BCUT2D eigenvalue weighted by molar-refractivity contribution is 6.31. The van der Waals surface area contributed by atoms with E-state index < -0.39 is 11.4 Å². The van der Waals surface area contributed by atoms with E-state index in [0.717, 1.165) is 14.6 Å². The van der Waals surface area contributed by atoms with Gasteiger partial charge in [0, 0.05) is 46.1 Å². The molecule has 0 bridgehead atoms. The minimum absolute atomic E-state index is 0.0750. The van der Waals surface area contributed by atoms with Crippen LogP contribution in [0.1, 0.15) is 46.5 Å². The number of hydrazine groups is 1. The molecular weight excluding hydrogens is 395 g/mol. The first-order chi connectivity index (χ1) is 12.1. The predicted molar refractivity (Wildman–Crippen MR) is 105 cm³/mol. The molecule has 0 aromatic heterocycles.